The first kappa shape index (κ1) is 18.0. The van der Waals surface area contributed by atoms with Gasteiger partial charge < -0.3 is 0 Å². The molecule has 0 fully saturated rings. The first-order valence-electron chi connectivity index (χ1n) is 7.36. The van der Waals surface area contributed by atoms with Crippen molar-refractivity contribution in [2.24, 2.45) is 5.10 Å². The Morgan fingerprint density at radius 1 is 1.38 bits per heavy atom. The number of carbonyl (C=O) groups excluding carboxylic acids is 1. The van der Waals surface area contributed by atoms with E-state index in [0.717, 1.165) is 10.4 Å². The van der Waals surface area contributed by atoms with Gasteiger partial charge in [-0.25, -0.2) is 5.43 Å². The van der Waals surface area contributed by atoms with Gasteiger partial charge in [0.25, 0.3) is 11.6 Å². The van der Waals surface area contributed by atoms with Gasteiger partial charge in [-0.2, -0.15) is 10.2 Å². The number of hydrogen-bond acceptors (Lipinski definition) is 6. The number of hydrazone groups is 1. The van der Waals surface area contributed by atoms with Crippen LogP contribution in [-0.2, 0) is 6.54 Å². The number of nitrogens with one attached hydrogen (secondary N) is 1. The third-order valence-electron chi connectivity index (χ3n) is 3.32. The van der Waals surface area contributed by atoms with E-state index in [4.69, 9.17) is 0 Å². The standard InChI is InChI=1S/C16H12BrN5O3S/c17-14-10-21(9-11-3-5-12(6-4-11)22(24)25)20-15(14)16(23)19-18-8-13-2-1-7-26-13/h1-8,10H,9H2,(H,19,23). The summed E-state index contributed by atoms with van der Waals surface area (Å²) in [7, 11) is 0. The number of hydrogen-bond donors (Lipinski definition) is 1. The number of halogens is 1. The summed E-state index contributed by atoms with van der Waals surface area (Å²) in [6, 6.07) is 9.94. The SMILES string of the molecule is O=C(NN=Cc1cccs1)c1nn(Cc2ccc([N+](=O)[O-])cc2)cc1Br. The molecule has 0 radical (unpaired) electrons. The highest BCUT2D eigenvalue weighted by Crippen LogP contribution is 2.17. The number of nitro benzene ring substituents is 1. The van der Waals surface area contributed by atoms with Crippen molar-refractivity contribution in [3.05, 3.63) is 78.7 Å². The van der Waals surface area contributed by atoms with Crippen molar-refractivity contribution in [2.75, 3.05) is 0 Å². The predicted molar refractivity (Wildman–Crippen MR) is 102 cm³/mol. The van der Waals surface area contributed by atoms with Gasteiger partial charge in [-0.1, -0.05) is 18.2 Å². The van der Waals surface area contributed by atoms with Crippen LogP contribution in [0.4, 0.5) is 5.69 Å². The van der Waals surface area contributed by atoms with E-state index >= 15 is 0 Å². The fourth-order valence-electron chi connectivity index (χ4n) is 2.11. The fraction of sp³-hybridized carbons (Fsp3) is 0.0625. The molecule has 0 spiro atoms. The molecule has 3 aromatic rings. The summed E-state index contributed by atoms with van der Waals surface area (Å²) in [6.07, 6.45) is 3.23. The van der Waals surface area contributed by atoms with Crippen LogP contribution in [0.1, 0.15) is 20.9 Å². The molecule has 8 nitrogen and oxygen atoms in total. The largest absolute Gasteiger partial charge is 0.293 e. The van der Waals surface area contributed by atoms with Gasteiger partial charge in [-0.15, -0.1) is 11.3 Å². The lowest BCUT2D eigenvalue weighted by Gasteiger charge is -2.01. The molecule has 1 N–H and O–H groups in total. The molecule has 0 aliphatic rings. The number of amides is 1. The van der Waals surface area contributed by atoms with E-state index in [1.807, 2.05) is 17.5 Å². The molecule has 0 aliphatic carbocycles. The van der Waals surface area contributed by atoms with Crippen LogP contribution in [0, 0.1) is 10.1 Å². The van der Waals surface area contributed by atoms with Gasteiger partial charge in [0.05, 0.1) is 22.2 Å². The Balaban J connectivity index is 1.66. The van der Waals surface area contributed by atoms with Gasteiger partial charge >= 0.3 is 0 Å². The maximum Gasteiger partial charge on any atom is 0.293 e. The Bertz CT molecular complexity index is 951. The Morgan fingerprint density at radius 2 is 2.15 bits per heavy atom. The number of carbonyl (C=O) groups is 1. The molecule has 1 aromatic carbocycles. The molecule has 3 rings (SSSR count). The number of thiophene rings is 1. The van der Waals surface area contributed by atoms with Crippen molar-refractivity contribution < 1.29 is 9.72 Å². The van der Waals surface area contributed by atoms with Crippen LogP contribution >= 0.6 is 27.3 Å². The second kappa shape index (κ2) is 8.02. The first-order valence-corrected chi connectivity index (χ1v) is 9.03. The molecular formula is C16H12BrN5O3S. The Kier molecular flexibility index (Phi) is 5.54. The number of non-ortho nitro benzene ring substituents is 1. The topological polar surface area (TPSA) is 102 Å². The van der Waals surface area contributed by atoms with Gasteiger partial charge in [0.15, 0.2) is 5.69 Å². The van der Waals surface area contributed by atoms with Crippen LogP contribution in [0.25, 0.3) is 0 Å². The van der Waals surface area contributed by atoms with Crippen LogP contribution in [0.2, 0.25) is 0 Å². The second-order valence-corrected chi connectivity index (χ2v) is 6.99. The minimum Gasteiger partial charge on any atom is -0.266 e. The van der Waals surface area contributed by atoms with Crippen molar-refractivity contribution in [3.63, 3.8) is 0 Å². The smallest absolute Gasteiger partial charge is 0.266 e. The summed E-state index contributed by atoms with van der Waals surface area (Å²) in [4.78, 5) is 23.3. The summed E-state index contributed by atoms with van der Waals surface area (Å²) in [5.74, 6) is -0.438. The molecule has 0 saturated carbocycles. The van der Waals surface area contributed by atoms with E-state index in [0.29, 0.717) is 11.0 Å². The molecule has 132 valence electrons. The summed E-state index contributed by atoms with van der Waals surface area (Å²) in [6.45, 7) is 0.377. The van der Waals surface area contributed by atoms with Crippen molar-refractivity contribution in [2.45, 2.75) is 6.54 Å². The molecule has 0 atom stereocenters. The Morgan fingerprint density at radius 3 is 2.81 bits per heavy atom. The minimum absolute atomic E-state index is 0.0269. The highest BCUT2D eigenvalue weighted by molar-refractivity contribution is 9.10. The van der Waals surface area contributed by atoms with Crippen LogP contribution < -0.4 is 5.43 Å². The van der Waals surface area contributed by atoms with Crippen molar-refractivity contribution in [1.29, 1.82) is 0 Å². The maximum absolute atomic E-state index is 12.2. The van der Waals surface area contributed by atoms with E-state index < -0.39 is 10.8 Å². The van der Waals surface area contributed by atoms with E-state index in [9.17, 15) is 14.9 Å². The molecule has 2 heterocycles. The van der Waals surface area contributed by atoms with E-state index in [1.165, 1.54) is 23.5 Å². The average molecular weight is 434 g/mol. The molecule has 0 unspecified atom stereocenters. The van der Waals surface area contributed by atoms with Gasteiger partial charge in [0.2, 0.25) is 0 Å². The van der Waals surface area contributed by atoms with Crippen molar-refractivity contribution >= 4 is 45.1 Å². The predicted octanol–water partition coefficient (Wildman–Crippen LogP) is 3.43. The molecule has 0 bridgehead atoms. The zero-order valence-corrected chi connectivity index (χ0v) is 15.6. The molecule has 0 saturated heterocycles. The highest BCUT2D eigenvalue weighted by atomic mass is 79.9. The molecule has 1 amide bonds. The number of rotatable bonds is 6. The van der Waals surface area contributed by atoms with Crippen LogP contribution in [0.3, 0.4) is 0 Å². The number of nitro groups is 1. The van der Waals surface area contributed by atoms with Crippen molar-refractivity contribution in [1.82, 2.24) is 15.2 Å². The van der Waals surface area contributed by atoms with Crippen LogP contribution in [-0.4, -0.2) is 26.8 Å². The molecule has 0 aliphatic heterocycles. The average Bonchev–Trinajstić information content (AvgIpc) is 3.25. The summed E-state index contributed by atoms with van der Waals surface area (Å²) in [5, 5.41) is 20.7. The van der Waals surface area contributed by atoms with Gasteiger partial charge in [-0.3, -0.25) is 19.6 Å². The lowest BCUT2D eigenvalue weighted by Crippen LogP contribution is -2.19. The molecule has 26 heavy (non-hydrogen) atoms. The van der Waals surface area contributed by atoms with E-state index in [-0.39, 0.29) is 11.4 Å². The van der Waals surface area contributed by atoms with Gasteiger partial charge in [0.1, 0.15) is 0 Å². The fourth-order valence-corrected chi connectivity index (χ4v) is 3.19. The Hall–Kier alpha value is -2.85. The first-order chi connectivity index (χ1) is 12.5. The minimum atomic E-state index is -0.451. The number of aromatic nitrogens is 2. The maximum atomic E-state index is 12.2. The van der Waals surface area contributed by atoms with Gasteiger partial charge in [-0.05, 0) is 32.9 Å². The molecule has 2 aromatic heterocycles. The Labute approximate surface area is 160 Å². The van der Waals surface area contributed by atoms with Crippen molar-refractivity contribution in [3.8, 4) is 0 Å². The van der Waals surface area contributed by atoms with Gasteiger partial charge in [0, 0.05) is 23.2 Å². The molecular weight excluding hydrogens is 422 g/mol. The lowest BCUT2D eigenvalue weighted by atomic mass is 10.2. The summed E-state index contributed by atoms with van der Waals surface area (Å²) < 4.78 is 2.10. The third kappa shape index (κ3) is 4.41. The van der Waals surface area contributed by atoms with Crippen LogP contribution in [0.5, 0.6) is 0 Å². The normalized spacial score (nSPS) is 11.0. The number of benzene rings is 1. The lowest BCUT2D eigenvalue weighted by molar-refractivity contribution is -0.384. The van der Waals surface area contributed by atoms with E-state index in [2.05, 4.69) is 31.6 Å². The van der Waals surface area contributed by atoms with Crippen LogP contribution in [0.15, 0.2) is 57.5 Å². The summed E-state index contributed by atoms with van der Waals surface area (Å²) >= 11 is 4.82. The quantitative estimate of drug-likeness (QED) is 0.365. The number of nitrogens with zero attached hydrogens (tertiary/aromatic N) is 4. The van der Waals surface area contributed by atoms with E-state index in [1.54, 1.807) is 29.2 Å². The molecule has 10 heteroatoms. The summed E-state index contributed by atoms with van der Waals surface area (Å²) in [5.41, 5.74) is 3.49. The zero-order valence-electron chi connectivity index (χ0n) is 13.2. The second-order valence-electron chi connectivity index (χ2n) is 5.16. The third-order valence-corrected chi connectivity index (χ3v) is 4.71. The highest BCUT2D eigenvalue weighted by Gasteiger charge is 2.15. The zero-order chi connectivity index (χ0) is 18.5. The monoisotopic (exact) mass is 433 g/mol.